The Balaban J connectivity index is 2.73. The average Bonchev–Trinajstić information content (AvgIpc) is 2.67. The van der Waals surface area contributed by atoms with Crippen molar-refractivity contribution in [2.45, 2.75) is 6.18 Å². The molecule has 2 aromatic rings. The van der Waals surface area contributed by atoms with E-state index in [-0.39, 0.29) is 5.69 Å². The molecule has 0 saturated heterocycles. The average molecular weight is 257 g/mol. The molecule has 0 fully saturated rings. The molecule has 0 amide bonds. The van der Waals surface area contributed by atoms with Crippen LogP contribution in [-0.2, 0) is 6.18 Å². The smallest absolute Gasteiger partial charge is 0.382 e. The van der Waals surface area contributed by atoms with Crippen LogP contribution in [0.25, 0.3) is 5.69 Å². The van der Waals surface area contributed by atoms with Gasteiger partial charge in [0.2, 0.25) is 0 Å². The van der Waals surface area contributed by atoms with Crippen molar-refractivity contribution in [3.05, 3.63) is 46.4 Å². The minimum absolute atomic E-state index is 0.239. The molecule has 0 spiro atoms. The molecular weight excluding hydrogens is 247 g/mol. The molecule has 0 aliphatic carbocycles. The quantitative estimate of drug-likeness (QED) is 0.866. The lowest BCUT2D eigenvalue weighted by Gasteiger charge is -2.12. The van der Waals surface area contributed by atoms with Gasteiger partial charge < -0.3 is 5.32 Å². The molecule has 0 bridgehead atoms. The zero-order chi connectivity index (χ0) is 13.3. The van der Waals surface area contributed by atoms with Crippen molar-refractivity contribution < 1.29 is 13.2 Å². The van der Waals surface area contributed by atoms with Crippen molar-refractivity contribution in [3.63, 3.8) is 0 Å². The molecular formula is C11H10F3N3O. The molecule has 1 aromatic carbocycles. The van der Waals surface area contributed by atoms with Gasteiger partial charge >= 0.3 is 6.18 Å². The summed E-state index contributed by atoms with van der Waals surface area (Å²) in [7, 11) is 1.27. The lowest BCUT2D eigenvalue weighted by molar-refractivity contribution is -0.142. The summed E-state index contributed by atoms with van der Waals surface area (Å²) >= 11 is 0. The van der Waals surface area contributed by atoms with E-state index in [1.54, 1.807) is 18.2 Å². The van der Waals surface area contributed by atoms with Crippen molar-refractivity contribution in [1.82, 2.24) is 9.78 Å². The van der Waals surface area contributed by atoms with Crippen LogP contribution in [0.15, 0.2) is 35.1 Å². The van der Waals surface area contributed by atoms with Gasteiger partial charge in [-0.25, -0.2) is 4.68 Å². The Morgan fingerprint density at radius 2 is 1.83 bits per heavy atom. The van der Waals surface area contributed by atoms with Crippen LogP contribution in [0.4, 0.5) is 18.9 Å². The number of nitrogens with one attached hydrogen (secondary N) is 2. The number of H-pyrrole nitrogens is 1. The Labute approximate surface area is 100 Å². The Morgan fingerprint density at radius 1 is 1.22 bits per heavy atom. The summed E-state index contributed by atoms with van der Waals surface area (Å²) in [4.78, 5) is 11.5. The summed E-state index contributed by atoms with van der Waals surface area (Å²) in [6.45, 7) is 0. The van der Waals surface area contributed by atoms with Crippen LogP contribution in [0.1, 0.15) is 5.69 Å². The van der Waals surface area contributed by atoms with Crippen LogP contribution in [0.3, 0.4) is 0 Å². The highest BCUT2D eigenvalue weighted by molar-refractivity contribution is 5.51. The lowest BCUT2D eigenvalue weighted by Crippen LogP contribution is -2.15. The fourth-order valence-electron chi connectivity index (χ4n) is 1.70. The Morgan fingerprint density at radius 3 is 2.33 bits per heavy atom. The SMILES string of the molecule is CNc1c(C(F)(F)F)n(-c2ccccc2)[nH]c1=O. The van der Waals surface area contributed by atoms with Crippen LogP contribution >= 0.6 is 0 Å². The summed E-state index contributed by atoms with van der Waals surface area (Å²) < 4.78 is 39.7. The predicted molar refractivity (Wildman–Crippen MR) is 60.9 cm³/mol. The molecule has 0 saturated carbocycles. The maximum atomic E-state index is 13.0. The monoisotopic (exact) mass is 257 g/mol. The highest BCUT2D eigenvalue weighted by Crippen LogP contribution is 2.34. The van der Waals surface area contributed by atoms with E-state index in [9.17, 15) is 18.0 Å². The predicted octanol–water partition coefficient (Wildman–Crippen LogP) is 2.23. The Bertz CT molecular complexity index is 598. The largest absolute Gasteiger partial charge is 0.435 e. The number of para-hydroxylation sites is 1. The van der Waals surface area contributed by atoms with Crippen LogP contribution < -0.4 is 10.9 Å². The van der Waals surface area contributed by atoms with E-state index < -0.39 is 23.1 Å². The molecule has 2 N–H and O–H groups in total. The van der Waals surface area contributed by atoms with Crippen molar-refractivity contribution in [2.75, 3.05) is 12.4 Å². The number of rotatable bonds is 2. The second-order valence-corrected chi connectivity index (χ2v) is 3.58. The van der Waals surface area contributed by atoms with E-state index in [4.69, 9.17) is 0 Å². The number of benzene rings is 1. The van der Waals surface area contributed by atoms with Gasteiger partial charge in [-0.05, 0) is 12.1 Å². The minimum atomic E-state index is -4.63. The summed E-state index contributed by atoms with van der Waals surface area (Å²) in [6, 6.07) is 7.81. The number of anilines is 1. The van der Waals surface area contributed by atoms with Gasteiger partial charge in [-0.1, -0.05) is 18.2 Å². The third-order valence-electron chi connectivity index (χ3n) is 2.43. The lowest BCUT2D eigenvalue weighted by atomic mass is 10.3. The maximum Gasteiger partial charge on any atom is 0.435 e. The number of hydrogen-bond donors (Lipinski definition) is 2. The first-order valence-corrected chi connectivity index (χ1v) is 5.10. The highest BCUT2D eigenvalue weighted by atomic mass is 19.4. The van der Waals surface area contributed by atoms with Gasteiger partial charge in [0, 0.05) is 7.05 Å². The zero-order valence-electron chi connectivity index (χ0n) is 9.38. The maximum absolute atomic E-state index is 13.0. The number of nitrogens with zero attached hydrogens (tertiary/aromatic N) is 1. The van der Waals surface area contributed by atoms with E-state index in [2.05, 4.69) is 10.4 Å². The van der Waals surface area contributed by atoms with Gasteiger partial charge in [0.25, 0.3) is 5.56 Å². The van der Waals surface area contributed by atoms with Crippen molar-refractivity contribution in [3.8, 4) is 5.69 Å². The third-order valence-corrected chi connectivity index (χ3v) is 2.43. The first-order valence-electron chi connectivity index (χ1n) is 5.10. The number of halogens is 3. The normalized spacial score (nSPS) is 11.6. The Hall–Kier alpha value is -2.18. The van der Waals surface area contributed by atoms with Crippen LogP contribution in [-0.4, -0.2) is 16.8 Å². The molecule has 0 aliphatic rings. The number of aromatic amines is 1. The molecule has 7 heteroatoms. The molecule has 0 unspecified atom stereocenters. The molecule has 96 valence electrons. The summed E-state index contributed by atoms with van der Waals surface area (Å²) in [6.07, 6.45) is -4.63. The minimum Gasteiger partial charge on any atom is -0.382 e. The van der Waals surface area contributed by atoms with Gasteiger partial charge in [-0.3, -0.25) is 9.89 Å². The molecule has 0 aliphatic heterocycles. The first-order chi connectivity index (χ1) is 8.45. The molecule has 1 heterocycles. The van der Waals surface area contributed by atoms with Gasteiger partial charge in [0.15, 0.2) is 5.69 Å². The second kappa shape index (κ2) is 4.25. The van der Waals surface area contributed by atoms with E-state index in [1.807, 2.05) is 0 Å². The molecule has 18 heavy (non-hydrogen) atoms. The van der Waals surface area contributed by atoms with E-state index >= 15 is 0 Å². The van der Waals surface area contributed by atoms with E-state index in [1.165, 1.54) is 19.2 Å². The van der Waals surface area contributed by atoms with Gasteiger partial charge in [0.05, 0.1) is 5.69 Å². The van der Waals surface area contributed by atoms with Gasteiger partial charge in [0.1, 0.15) is 5.69 Å². The molecule has 2 rings (SSSR count). The first kappa shape index (κ1) is 12.3. The summed E-state index contributed by atoms with van der Waals surface area (Å²) in [5, 5.41) is 4.44. The van der Waals surface area contributed by atoms with Crippen molar-refractivity contribution >= 4 is 5.69 Å². The van der Waals surface area contributed by atoms with Gasteiger partial charge in [-0.2, -0.15) is 13.2 Å². The standard InChI is InChI=1S/C11H10F3N3O/c1-15-8-9(11(12,13)14)17(16-10(8)18)7-5-3-2-4-6-7/h2-6,15H,1H3,(H,16,18). The second-order valence-electron chi connectivity index (χ2n) is 3.58. The van der Waals surface area contributed by atoms with Crippen LogP contribution in [0.2, 0.25) is 0 Å². The van der Waals surface area contributed by atoms with Crippen LogP contribution in [0, 0.1) is 0 Å². The van der Waals surface area contributed by atoms with E-state index in [0.29, 0.717) is 0 Å². The number of aromatic nitrogens is 2. The molecule has 1 aromatic heterocycles. The van der Waals surface area contributed by atoms with E-state index in [0.717, 1.165) is 4.68 Å². The Kier molecular flexibility index (Phi) is 2.90. The van der Waals surface area contributed by atoms with Crippen LogP contribution in [0.5, 0.6) is 0 Å². The summed E-state index contributed by atoms with van der Waals surface area (Å²) in [5.41, 5.74) is -2.11. The number of hydrogen-bond acceptors (Lipinski definition) is 2. The third kappa shape index (κ3) is 1.99. The fraction of sp³-hybridized carbons (Fsp3) is 0.182. The summed E-state index contributed by atoms with van der Waals surface area (Å²) in [5.74, 6) is 0. The van der Waals surface area contributed by atoms with Crippen molar-refractivity contribution in [1.29, 1.82) is 0 Å². The molecule has 4 nitrogen and oxygen atoms in total. The van der Waals surface area contributed by atoms with Crippen molar-refractivity contribution in [2.24, 2.45) is 0 Å². The van der Waals surface area contributed by atoms with Gasteiger partial charge in [-0.15, -0.1) is 0 Å². The zero-order valence-corrected chi connectivity index (χ0v) is 9.38. The number of alkyl halides is 3. The topological polar surface area (TPSA) is 49.8 Å². The fourth-order valence-corrected chi connectivity index (χ4v) is 1.70. The highest BCUT2D eigenvalue weighted by Gasteiger charge is 2.39. The molecule has 0 radical (unpaired) electrons. The molecule has 0 atom stereocenters.